The average molecular weight is 922 g/mol. The Labute approximate surface area is 418 Å². The summed E-state index contributed by atoms with van der Waals surface area (Å²) in [6.07, 6.45) is 3.26. The summed E-state index contributed by atoms with van der Waals surface area (Å²) in [4.78, 5) is 0. The van der Waals surface area contributed by atoms with E-state index in [1.54, 1.807) is 0 Å². The highest BCUT2D eigenvalue weighted by atomic mass is 16.5. The van der Waals surface area contributed by atoms with E-state index in [0.29, 0.717) is 5.92 Å². The molecule has 4 heteroatoms. The molecule has 1 unspecified atom stereocenters. The van der Waals surface area contributed by atoms with Crippen LogP contribution < -0.4 is 13.9 Å². The molecule has 0 amide bonds. The van der Waals surface area contributed by atoms with Crippen LogP contribution in [0.15, 0.2) is 194 Å². The molecule has 3 aliphatic heterocycles. The zero-order valence-electron chi connectivity index (χ0n) is 42.0. The summed E-state index contributed by atoms with van der Waals surface area (Å²) in [6.45, 7) is 18.7. The van der Waals surface area contributed by atoms with Gasteiger partial charge in [0, 0.05) is 28.8 Å². The molecule has 3 aliphatic rings. The first-order chi connectivity index (χ1) is 34.3. The number of hydrogen-bond donors (Lipinski definition) is 0. The second-order valence-corrected chi connectivity index (χ2v) is 22.5. The van der Waals surface area contributed by atoms with Crippen LogP contribution >= 0.6 is 0 Å². The lowest BCUT2D eigenvalue weighted by Crippen LogP contribution is -2.78. The van der Waals surface area contributed by atoms with Gasteiger partial charge in [-0.25, -0.2) is 0 Å². The van der Waals surface area contributed by atoms with Gasteiger partial charge in [0.05, 0.1) is 5.56 Å². The second-order valence-electron chi connectivity index (χ2n) is 22.5. The van der Waals surface area contributed by atoms with E-state index >= 15 is 0 Å². The van der Waals surface area contributed by atoms with Crippen molar-refractivity contribution in [1.29, 1.82) is 0 Å². The number of imidazole rings is 1. The van der Waals surface area contributed by atoms with E-state index in [-0.39, 0.29) is 10.8 Å². The molecule has 4 nitrogen and oxygen atoms in total. The van der Waals surface area contributed by atoms with Gasteiger partial charge in [0.1, 0.15) is 16.8 Å². The first-order valence-corrected chi connectivity index (χ1v) is 25.4. The second kappa shape index (κ2) is 15.6. The van der Waals surface area contributed by atoms with Gasteiger partial charge >= 0.3 is 11.7 Å². The number of para-hydroxylation sites is 1. The van der Waals surface area contributed by atoms with Crippen molar-refractivity contribution in [2.24, 2.45) is 5.92 Å². The predicted octanol–water partition coefficient (Wildman–Crippen LogP) is 15.9. The third kappa shape index (κ3) is 6.57. The van der Waals surface area contributed by atoms with Crippen molar-refractivity contribution in [2.75, 3.05) is 0 Å². The highest BCUT2D eigenvalue weighted by molar-refractivity contribution is 5.99. The SMILES string of the molecule is CC(C)Cc1cc(-n2c3[n+]4c5c(cccc52)-c2cc(-c5ccccc5)cc5c2C4(Oc2c-3cc(C(C)(C)C)cc2C(C)(C)C)[n+]2ccc(-c3ccc(-c4ccccc4)cc3)cc2-5)ccc1-c1ccccc1. The number of pyridine rings is 1. The molecule has 5 heterocycles. The van der Waals surface area contributed by atoms with Gasteiger partial charge in [0.15, 0.2) is 23.0 Å². The number of hydrogen-bond acceptors (Lipinski definition) is 1. The Bertz CT molecular complexity index is 3780. The minimum Gasteiger partial charge on any atom is -0.392 e. The van der Waals surface area contributed by atoms with E-state index in [1.165, 1.54) is 77.9 Å². The Morgan fingerprint density at radius 2 is 1.13 bits per heavy atom. The van der Waals surface area contributed by atoms with Gasteiger partial charge < -0.3 is 4.74 Å². The van der Waals surface area contributed by atoms with Gasteiger partial charge in [0.2, 0.25) is 5.69 Å². The standard InChI is InChI=1S/C67H59N3O/c1-42(2)35-50-36-52(31-32-53(50)47-23-16-11-17-24-47)69-59-26-18-25-54-55-37-49(44-21-14-10-15-22-44)38-56-60-39-48(46-29-27-45(28-30-46)43-19-12-9-13-20-43)33-34-68(60)67(61(55)56)70(62(54)59)64(69)57-40-51(65(3,4)5)41-58(63(57)71-67)66(6,7)8/h9-34,36-42H,35H2,1-8H3/q+2. The zero-order valence-corrected chi connectivity index (χ0v) is 42.0. The molecular weight excluding hydrogens is 863 g/mol. The fourth-order valence-corrected chi connectivity index (χ4v) is 11.9. The maximum atomic E-state index is 8.20. The molecule has 0 saturated carbocycles. The van der Waals surface area contributed by atoms with Crippen LogP contribution in [0.3, 0.4) is 0 Å². The van der Waals surface area contributed by atoms with Crippen molar-refractivity contribution in [2.45, 2.75) is 78.5 Å². The Morgan fingerprint density at radius 1 is 0.507 bits per heavy atom. The van der Waals surface area contributed by atoms with Gasteiger partial charge in [-0.1, -0.05) is 183 Å². The summed E-state index contributed by atoms with van der Waals surface area (Å²) < 4.78 is 15.8. The first kappa shape index (κ1) is 43.2. The van der Waals surface area contributed by atoms with Gasteiger partial charge in [-0.2, -0.15) is 4.57 Å². The zero-order chi connectivity index (χ0) is 48.6. The lowest BCUT2D eigenvalue weighted by Gasteiger charge is -2.36. The van der Waals surface area contributed by atoms with E-state index in [2.05, 4.69) is 263 Å². The smallest absolute Gasteiger partial charge is 0.392 e. The van der Waals surface area contributed by atoms with E-state index in [1.807, 2.05) is 0 Å². The monoisotopic (exact) mass is 921 g/mol. The number of benzene rings is 8. The van der Waals surface area contributed by atoms with Crippen LogP contribution in [0.2, 0.25) is 0 Å². The van der Waals surface area contributed by atoms with Crippen LogP contribution in [0.5, 0.6) is 5.75 Å². The molecule has 0 saturated heterocycles. The highest BCUT2D eigenvalue weighted by Crippen LogP contribution is 2.56. The molecule has 71 heavy (non-hydrogen) atoms. The molecule has 0 aliphatic carbocycles. The van der Waals surface area contributed by atoms with Gasteiger partial charge in [-0.05, 0) is 127 Å². The van der Waals surface area contributed by atoms with Gasteiger partial charge in [0.25, 0.3) is 0 Å². The fraction of sp³-hybridized carbons (Fsp3) is 0.194. The molecule has 8 aromatic carbocycles. The summed E-state index contributed by atoms with van der Waals surface area (Å²) in [6, 6.07) is 70.0. The van der Waals surface area contributed by atoms with Crippen LogP contribution in [0.25, 0.3) is 95.0 Å². The quantitative estimate of drug-likeness (QED) is 0.146. The maximum Gasteiger partial charge on any atom is 0.499 e. The van der Waals surface area contributed by atoms with Gasteiger partial charge in [-0.15, -0.1) is 9.13 Å². The summed E-state index contributed by atoms with van der Waals surface area (Å²) in [5.41, 5.74) is 23.6. The van der Waals surface area contributed by atoms with Crippen LogP contribution in [-0.2, 0) is 23.1 Å². The molecule has 1 spiro atoms. The lowest BCUT2D eigenvalue weighted by atomic mass is 9.78. The van der Waals surface area contributed by atoms with Crippen molar-refractivity contribution in [3.8, 4) is 89.7 Å². The van der Waals surface area contributed by atoms with Crippen LogP contribution in [0.4, 0.5) is 0 Å². The Hall–Kier alpha value is -7.82. The lowest BCUT2D eigenvalue weighted by molar-refractivity contribution is -0.997. The van der Waals surface area contributed by atoms with Crippen molar-refractivity contribution in [3.05, 3.63) is 217 Å². The van der Waals surface area contributed by atoms with Crippen molar-refractivity contribution < 1.29 is 13.9 Å². The Morgan fingerprint density at radius 3 is 1.77 bits per heavy atom. The van der Waals surface area contributed by atoms with Gasteiger partial charge in [-0.3, -0.25) is 0 Å². The Balaban J connectivity index is 1.16. The number of aromatic nitrogens is 3. The van der Waals surface area contributed by atoms with Crippen molar-refractivity contribution >= 4 is 11.0 Å². The Kier molecular flexibility index (Phi) is 9.49. The number of fused-ring (bicyclic) bond motifs is 5. The largest absolute Gasteiger partial charge is 0.499 e. The summed E-state index contributed by atoms with van der Waals surface area (Å²) in [5, 5.41) is 0. The van der Waals surface area contributed by atoms with E-state index in [4.69, 9.17) is 4.74 Å². The molecule has 0 fully saturated rings. The number of rotatable bonds is 7. The molecule has 346 valence electrons. The molecular formula is C67H59N3O+2. The molecule has 1 atom stereocenters. The summed E-state index contributed by atoms with van der Waals surface area (Å²) in [7, 11) is 0. The van der Waals surface area contributed by atoms with Crippen LogP contribution in [0.1, 0.15) is 77.6 Å². The van der Waals surface area contributed by atoms with Crippen LogP contribution in [-0.4, -0.2) is 4.57 Å². The average Bonchev–Trinajstić information content (AvgIpc) is 3.87. The van der Waals surface area contributed by atoms with Crippen LogP contribution in [0, 0.1) is 5.92 Å². The van der Waals surface area contributed by atoms with E-state index in [0.717, 1.165) is 51.5 Å². The normalized spacial score (nSPS) is 15.1. The summed E-state index contributed by atoms with van der Waals surface area (Å²) in [5.74, 6) is 1.43. The minimum absolute atomic E-state index is 0.117. The van der Waals surface area contributed by atoms with Crippen molar-refractivity contribution in [3.63, 3.8) is 0 Å². The highest BCUT2D eigenvalue weighted by Gasteiger charge is 2.69. The molecule has 13 rings (SSSR count). The maximum absolute atomic E-state index is 8.20. The predicted molar refractivity (Wildman–Crippen MR) is 291 cm³/mol. The third-order valence-electron chi connectivity index (χ3n) is 15.3. The minimum atomic E-state index is -1.10. The molecule has 2 aromatic heterocycles. The molecule has 0 N–H and O–H groups in total. The third-order valence-corrected chi connectivity index (χ3v) is 15.3. The molecule has 10 aromatic rings. The van der Waals surface area contributed by atoms with E-state index in [9.17, 15) is 0 Å². The topological polar surface area (TPSA) is 21.9 Å². The van der Waals surface area contributed by atoms with E-state index < -0.39 is 5.85 Å². The number of ether oxygens (including phenoxy) is 1. The fourth-order valence-electron chi connectivity index (χ4n) is 11.9. The molecule has 0 bridgehead atoms. The van der Waals surface area contributed by atoms with Crippen molar-refractivity contribution in [1.82, 2.24) is 4.57 Å². The molecule has 0 radical (unpaired) electrons. The number of nitrogens with zero attached hydrogens (tertiary/aromatic N) is 3. The summed E-state index contributed by atoms with van der Waals surface area (Å²) >= 11 is 0. The first-order valence-electron chi connectivity index (χ1n) is 25.4.